The van der Waals surface area contributed by atoms with Gasteiger partial charge < -0.3 is 5.32 Å². The number of benzene rings is 2. The van der Waals surface area contributed by atoms with Gasteiger partial charge >= 0.3 is 6.18 Å². The number of nitrogens with one attached hydrogen (secondary N) is 1. The Balaban J connectivity index is 1.88. The van der Waals surface area contributed by atoms with Crippen LogP contribution in [0.4, 0.5) is 18.9 Å². The summed E-state index contributed by atoms with van der Waals surface area (Å²) in [5, 5.41) is 4.04. The highest BCUT2D eigenvalue weighted by Crippen LogP contribution is 2.33. The van der Waals surface area contributed by atoms with Crippen LogP contribution < -0.4 is 5.32 Å². The zero-order valence-electron chi connectivity index (χ0n) is 14.8. The van der Waals surface area contributed by atoms with Gasteiger partial charge in [0.15, 0.2) is 9.84 Å². The van der Waals surface area contributed by atoms with Crippen LogP contribution in [0.3, 0.4) is 0 Å². The number of rotatable bonds is 5. The van der Waals surface area contributed by atoms with Gasteiger partial charge in [-0.05, 0) is 41.8 Å². The molecule has 2 aromatic carbocycles. The van der Waals surface area contributed by atoms with Crippen LogP contribution in [-0.4, -0.2) is 14.3 Å². The first-order valence-electron chi connectivity index (χ1n) is 8.21. The molecule has 0 aliphatic heterocycles. The van der Waals surface area contributed by atoms with E-state index in [2.05, 4.69) is 5.32 Å². The summed E-state index contributed by atoms with van der Waals surface area (Å²) < 4.78 is 64.4. The third-order valence-corrected chi connectivity index (χ3v) is 7.44. The summed E-state index contributed by atoms with van der Waals surface area (Å²) in [7, 11) is -4.01. The average Bonchev–Trinajstić information content (AvgIpc) is 3.15. The largest absolute Gasteiger partial charge is 0.416 e. The lowest BCUT2D eigenvalue weighted by atomic mass is 10.2. The minimum Gasteiger partial charge on any atom is -0.321 e. The van der Waals surface area contributed by atoms with Crippen LogP contribution >= 0.6 is 34.5 Å². The van der Waals surface area contributed by atoms with Crippen LogP contribution in [0.1, 0.15) is 20.8 Å². The Morgan fingerprint density at radius 3 is 2.30 bits per heavy atom. The summed E-state index contributed by atoms with van der Waals surface area (Å²) >= 11 is 12.9. The summed E-state index contributed by atoms with van der Waals surface area (Å²) in [5.74, 6) is -1.38. The molecule has 0 unspecified atom stereocenters. The van der Waals surface area contributed by atoms with Crippen LogP contribution in [0.2, 0.25) is 10.0 Å². The molecule has 4 nitrogen and oxygen atoms in total. The van der Waals surface area contributed by atoms with Crippen LogP contribution in [-0.2, 0) is 21.8 Å². The third kappa shape index (κ3) is 4.97. The second-order valence-electron chi connectivity index (χ2n) is 6.11. The maximum atomic E-state index is 12.9. The van der Waals surface area contributed by atoms with Crippen molar-refractivity contribution in [3.63, 3.8) is 0 Å². The number of hydrogen-bond acceptors (Lipinski definition) is 4. The van der Waals surface area contributed by atoms with Crippen molar-refractivity contribution in [2.24, 2.45) is 0 Å². The Morgan fingerprint density at radius 2 is 1.67 bits per heavy atom. The van der Waals surface area contributed by atoms with Gasteiger partial charge in [-0.1, -0.05) is 35.3 Å². The quantitative estimate of drug-likeness (QED) is 0.453. The van der Waals surface area contributed by atoms with Gasteiger partial charge in [0.2, 0.25) is 0 Å². The Bertz CT molecular complexity index is 1190. The molecule has 1 aromatic heterocycles. The van der Waals surface area contributed by atoms with E-state index in [1.165, 1.54) is 29.6 Å². The maximum absolute atomic E-state index is 12.9. The van der Waals surface area contributed by atoms with Crippen LogP contribution in [0.15, 0.2) is 58.8 Å². The lowest BCUT2D eigenvalue weighted by Crippen LogP contribution is -2.16. The number of carbonyl (C=O) groups excluding carboxylic acids is 1. The van der Waals surface area contributed by atoms with Crippen molar-refractivity contribution in [3.05, 3.63) is 80.0 Å². The van der Waals surface area contributed by atoms with Gasteiger partial charge in [-0.15, -0.1) is 11.3 Å². The van der Waals surface area contributed by atoms with E-state index >= 15 is 0 Å². The monoisotopic (exact) mass is 493 g/mol. The second-order valence-corrected chi connectivity index (χ2v) is 9.79. The van der Waals surface area contributed by atoms with Crippen molar-refractivity contribution in [2.45, 2.75) is 16.8 Å². The highest BCUT2D eigenvalue weighted by molar-refractivity contribution is 7.91. The van der Waals surface area contributed by atoms with Crippen molar-refractivity contribution in [2.75, 3.05) is 5.32 Å². The summed E-state index contributed by atoms with van der Waals surface area (Å²) in [5.41, 5.74) is -0.857. The first kappa shape index (κ1) is 22.6. The minimum atomic E-state index is -4.58. The van der Waals surface area contributed by atoms with E-state index in [0.717, 1.165) is 29.5 Å². The molecule has 0 saturated carbocycles. The maximum Gasteiger partial charge on any atom is 0.416 e. The minimum absolute atomic E-state index is 0.110. The zero-order chi connectivity index (χ0) is 22.1. The fourth-order valence-electron chi connectivity index (χ4n) is 2.61. The van der Waals surface area contributed by atoms with E-state index in [4.69, 9.17) is 23.2 Å². The van der Waals surface area contributed by atoms with Crippen molar-refractivity contribution < 1.29 is 26.4 Å². The molecule has 1 heterocycles. The Kier molecular flexibility index (Phi) is 6.47. The molecule has 158 valence electrons. The smallest absolute Gasteiger partial charge is 0.321 e. The number of thiophene rings is 1. The predicted molar refractivity (Wildman–Crippen MR) is 111 cm³/mol. The SMILES string of the molecule is O=C(Nc1cccc(C(F)(F)F)c1)c1sccc1S(=O)(=O)Cc1c(Cl)cccc1Cl. The second kappa shape index (κ2) is 8.58. The number of halogens is 5. The van der Waals surface area contributed by atoms with Gasteiger partial charge in [0, 0.05) is 21.3 Å². The summed E-state index contributed by atoms with van der Waals surface area (Å²) in [6, 6.07) is 9.86. The molecule has 0 spiro atoms. The van der Waals surface area contributed by atoms with Crippen LogP contribution in [0, 0.1) is 0 Å². The molecule has 0 aliphatic rings. The lowest BCUT2D eigenvalue weighted by molar-refractivity contribution is -0.137. The van der Waals surface area contributed by atoms with E-state index in [9.17, 15) is 26.4 Å². The molecule has 1 amide bonds. The molecule has 0 fully saturated rings. The van der Waals surface area contributed by atoms with Crippen molar-refractivity contribution in [3.8, 4) is 0 Å². The van der Waals surface area contributed by atoms with Gasteiger partial charge in [0.1, 0.15) is 4.88 Å². The summed E-state index contributed by atoms with van der Waals surface area (Å²) in [6.45, 7) is 0. The van der Waals surface area contributed by atoms with Gasteiger partial charge in [-0.2, -0.15) is 13.2 Å². The van der Waals surface area contributed by atoms with Crippen molar-refractivity contribution >= 4 is 56.0 Å². The van der Waals surface area contributed by atoms with E-state index < -0.39 is 33.2 Å². The predicted octanol–water partition coefficient (Wildman–Crippen LogP) is 6.30. The highest BCUT2D eigenvalue weighted by atomic mass is 35.5. The van der Waals surface area contributed by atoms with Crippen LogP contribution in [0.5, 0.6) is 0 Å². The molecule has 11 heteroatoms. The fourth-order valence-corrected chi connectivity index (χ4v) is 6.09. The first-order chi connectivity index (χ1) is 14.0. The van der Waals surface area contributed by atoms with Crippen molar-refractivity contribution in [1.29, 1.82) is 0 Å². The highest BCUT2D eigenvalue weighted by Gasteiger charge is 2.31. The number of alkyl halides is 3. The molecule has 3 aromatic rings. The average molecular weight is 494 g/mol. The van der Waals surface area contributed by atoms with E-state index in [1.54, 1.807) is 6.07 Å². The molecule has 0 bridgehead atoms. The normalized spacial score (nSPS) is 12.0. The van der Waals surface area contributed by atoms with Gasteiger partial charge in [0.25, 0.3) is 5.91 Å². The standard InChI is InChI=1S/C19H12Cl2F3NO3S2/c20-14-5-2-6-15(21)13(14)10-30(27,28)16-7-8-29-17(16)18(26)25-12-4-1-3-11(9-12)19(22,23)24/h1-9H,10H2,(H,25,26). The Labute approximate surface area is 184 Å². The van der Waals surface area contributed by atoms with Crippen LogP contribution in [0.25, 0.3) is 0 Å². The summed E-state index contributed by atoms with van der Waals surface area (Å²) in [6.07, 6.45) is -4.58. The first-order valence-corrected chi connectivity index (χ1v) is 11.5. The van der Waals surface area contributed by atoms with E-state index in [1.807, 2.05) is 0 Å². The summed E-state index contributed by atoms with van der Waals surface area (Å²) in [4.78, 5) is 12.2. The Hall–Kier alpha value is -2.07. The molecule has 0 saturated heterocycles. The molecule has 0 radical (unpaired) electrons. The molecule has 0 aliphatic carbocycles. The molecular weight excluding hydrogens is 482 g/mol. The van der Waals surface area contributed by atoms with Gasteiger partial charge in [-0.25, -0.2) is 8.42 Å². The number of sulfone groups is 1. The molecule has 0 atom stereocenters. The van der Waals surface area contributed by atoms with Gasteiger partial charge in [-0.3, -0.25) is 4.79 Å². The molecular formula is C19H12Cl2F3NO3S2. The molecule has 3 rings (SSSR count). The lowest BCUT2D eigenvalue weighted by Gasteiger charge is -2.11. The van der Waals surface area contributed by atoms with Crippen molar-refractivity contribution in [1.82, 2.24) is 0 Å². The third-order valence-electron chi connectivity index (χ3n) is 4.01. The number of anilines is 1. The van der Waals surface area contributed by atoms with E-state index in [-0.39, 0.29) is 31.1 Å². The number of amides is 1. The number of carbonyl (C=O) groups is 1. The Morgan fingerprint density at radius 1 is 1.03 bits per heavy atom. The number of hydrogen-bond donors (Lipinski definition) is 1. The fraction of sp³-hybridized carbons (Fsp3) is 0.105. The zero-order valence-corrected chi connectivity index (χ0v) is 18.0. The van der Waals surface area contributed by atoms with Gasteiger partial charge in [0.05, 0.1) is 16.2 Å². The van der Waals surface area contributed by atoms with E-state index in [0.29, 0.717) is 0 Å². The topological polar surface area (TPSA) is 63.2 Å². The molecule has 30 heavy (non-hydrogen) atoms. The molecule has 1 N–H and O–H groups in total.